The van der Waals surface area contributed by atoms with Crippen LogP contribution in [0.4, 0.5) is 5.69 Å². The van der Waals surface area contributed by atoms with Crippen molar-refractivity contribution in [1.29, 1.82) is 0 Å². The first-order valence-corrected chi connectivity index (χ1v) is 9.14. The Morgan fingerprint density at radius 1 is 0.963 bits per heavy atom. The maximum absolute atomic E-state index is 13.4. The Bertz CT molecular complexity index is 1010. The van der Waals surface area contributed by atoms with Crippen LogP contribution < -0.4 is 10.2 Å². The number of nitrogens with zero attached hydrogens (tertiary/aromatic N) is 1. The van der Waals surface area contributed by atoms with Crippen molar-refractivity contribution < 1.29 is 14.4 Å². The Hall–Kier alpha value is -2.92. The second-order valence-electron chi connectivity index (χ2n) is 7.04. The van der Waals surface area contributed by atoms with Gasteiger partial charge in [-0.2, -0.15) is 0 Å². The number of hydrogen-bond acceptors (Lipinski definition) is 4. The number of para-hydroxylation sites is 1. The summed E-state index contributed by atoms with van der Waals surface area (Å²) in [6.45, 7) is 0. The molecule has 0 aromatic heterocycles. The third-order valence-corrected chi connectivity index (χ3v) is 5.91. The van der Waals surface area contributed by atoms with Gasteiger partial charge in [0.25, 0.3) is 0 Å². The van der Waals surface area contributed by atoms with Crippen molar-refractivity contribution in [2.75, 3.05) is 4.90 Å². The van der Waals surface area contributed by atoms with E-state index in [0.717, 1.165) is 11.3 Å². The van der Waals surface area contributed by atoms with Gasteiger partial charge in [0.05, 0.1) is 17.9 Å². The van der Waals surface area contributed by atoms with Crippen molar-refractivity contribution in [1.82, 2.24) is 5.32 Å². The molecule has 2 amide bonds. The van der Waals surface area contributed by atoms with Crippen LogP contribution in [0, 0.1) is 11.8 Å². The number of carbonyl (C=O) groups excluding carboxylic acids is 3. The van der Waals surface area contributed by atoms with Crippen molar-refractivity contribution >= 4 is 41.0 Å². The zero-order valence-corrected chi connectivity index (χ0v) is 14.9. The summed E-state index contributed by atoms with van der Waals surface area (Å²) >= 11 is 5.95. The number of ketones is 1. The monoisotopic (exact) mass is 378 g/mol. The summed E-state index contributed by atoms with van der Waals surface area (Å²) in [4.78, 5) is 40.4. The molecular weight excluding hydrogens is 364 g/mol. The Labute approximate surface area is 160 Å². The Kier molecular flexibility index (Phi) is 3.49. The third kappa shape index (κ3) is 2.28. The van der Waals surface area contributed by atoms with E-state index < -0.39 is 17.9 Å². The normalized spacial score (nSPS) is 27.8. The lowest BCUT2D eigenvalue weighted by molar-refractivity contribution is -0.126. The number of hydrogen-bond donors (Lipinski definition) is 1. The molecule has 0 spiro atoms. The maximum Gasteiger partial charge on any atom is 0.233 e. The number of nitrogens with one attached hydrogen (secondary N) is 1. The first-order chi connectivity index (χ1) is 13.1. The molecule has 2 fully saturated rings. The number of rotatable bonds is 2. The van der Waals surface area contributed by atoms with Gasteiger partial charge in [0.2, 0.25) is 11.8 Å². The summed E-state index contributed by atoms with van der Waals surface area (Å²) in [7, 11) is 0. The van der Waals surface area contributed by atoms with Crippen LogP contribution in [0.3, 0.4) is 0 Å². The highest BCUT2D eigenvalue weighted by molar-refractivity contribution is 6.30. The highest BCUT2D eigenvalue weighted by Crippen LogP contribution is 2.46. The molecule has 5 rings (SSSR count). The molecule has 3 heterocycles. The van der Waals surface area contributed by atoms with Crippen LogP contribution >= 0.6 is 11.6 Å². The summed E-state index contributed by atoms with van der Waals surface area (Å²) in [5.74, 6) is -2.14. The number of benzene rings is 2. The fraction of sp³-hybridized carbons (Fsp3) is 0.190. The van der Waals surface area contributed by atoms with E-state index in [9.17, 15) is 14.4 Å². The number of carbonyl (C=O) groups is 3. The maximum atomic E-state index is 13.4. The van der Waals surface area contributed by atoms with Gasteiger partial charge in [0, 0.05) is 16.3 Å². The lowest BCUT2D eigenvalue weighted by atomic mass is 9.86. The van der Waals surface area contributed by atoms with Gasteiger partial charge in [0.1, 0.15) is 6.04 Å². The average molecular weight is 379 g/mol. The molecule has 0 aliphatic carbocycles. The second-order valence-corrected chi connectivity index (χ2v) is 7.47. The van der Waals surface area contributed by atoms with E-state index in [1.807, 2.05) is 41.3 Å². The summed E-state index contributed by atoms with van der Waals surface area (Å²) in [6.07, 6.45) is 3.88. The smallest absolute Gasteiger partial charge is 0.233 e. The minimum absolute atomic E-state index is 0.181. The molecule has 2 saturated heterocycles. The second kappa shape index (κ2) is 5.79. The minimum Gasteiger partial charge on any atom is -0.352 e. The number of Topliss-reactive ketones (excluding diaryl/α,β-unsaturated/α-hetero) is 1. The Morgan fingerprint density at radius 2 is 1.67 bits per heavy atom. The molecule has 27 heavy (non-hydrogen) atoms. The fourth-order valence-electron chi connectivity index (χ4n) is 4.52. The number of halogens is 1. The predicted octanol–water partition coefficient (Wildman–Crippen LogP) is 2.70. The topological polar surface area (TPSA) is 66.5 Å². The Morgan fingerprint density at radius 3 is 2.44 bits per heavy atom. The molecule has 4 atom stereocenters. The van der Waals surface area contributed by atoms with Gasteiger partial charge in [-0.1, -0.05) is 42.0 Å². The SMILES string of the molecule is O=C1NC(=O)[C@@H]2[C@@H]1[C@H]1C=Cc3ccccc3N1[C@@H]2C(=O)c1ccc(Cl)cc1. The zero-order valence-electron chi connectivity index (χ0n) is 14.1. The molecular formula is C21H15ClN2O3. The lowest BCUT2D eigenvalue weighted by Gasteiger charge is -2.35. The van der Waals surface area contributed by atoms with Crippen LogP contribution in [-0.4, -0.2) is 29.7 Å². The van der Waals surface area contributed by atoms with Gasteiger partial charge in [-0.05, 0) is 35.9 Å². The molecule has 0 bridgehead atoms. The van der Waals surface area contributed by atoms with Gasteiger partial charge in [-0.15, -0.1) is 0 Å². The minimum atomic E-state index is -0.737. The average Bonchev–Trinajstić information content (AvgIpc) is 3.17. The molecule has 134 valence electrons. The predicted molar refractivity (Wildman–Crippen MR) is 101 cm³/mol. The third-order valence-electron chi connectivity index (χ3n) is 5.65. The van der Waals surface area contributed by atoms with Crippen LogP contribution in [0.5, 0.6) is 0 Å². The van der Waals surface area contributed by atoms with Gasteiger partial charge in [-0.25, -0.2) is 0 Å². The van der Waals surface area contributed by atoms with E-state index in [4.69, 9.17) is 11.6 Å². The van der Waals surface area contributed by atoms with E-state index >= 15 is 0 Å². The fourth-order valence-corrected chi connectivity index (χ4v) is 4.64. The standard InChI is InChI=1S/C21H15ClN2O3/c22-13-8-5-12(6-9-13)19(25)18-17-16(20(26)23-21(17)27)15-10-7-11-3-1-2-4-14(11)24(15)18/h1-10,15-18H,(H,23,26,27)/t15-,16+,17-,18+/m1/s1. The van der Waals surface area contributed by atoms with Crippen molar-refractivity contribution in [3.8, 4) is 0 Å². The zero-order chi connectivity index (χ0) is 18.7. The highest BCUT2D eigenvalue weighted by atomic mass is 35.5. The van der Waals surface area contributed by atoms with Crippen LogP contribution in [0.2, 0.25) is 5.02 Å². The summed E-state index contributed by atoms with van der Waals surface area (Å²) < 4.78 is 0. The molecule has 5 nitrogen and oxygen atoms in total. The van der Waals surface area contributed by atoms with Gasteiger partial charge < -0.3 is 4.90 Å². The molecule has 1 N–H and O–H groups in total. The van der Waals surface area contributed by atoms with Crippen molar-refractivity contribution in [3.05, 3.63) is 70.8 Å². The number of amides is 2. The summed E-state index contributed by atoms with van der Waals surface area (Å²) in [6, 6.07) is 13.3. The van der Waals surface area contributed by atoms with E-state index in [0.29, 0.717) is 10.6 Å². The Balaban J connectivity index is 1.66. The highest BCUT2D eigenvalue weighted by Gasteiger charge is 2.61. The van der Waals surface area contributed by atoms with Crippen molar-refractivity contribution in [3.63, 3.8) is 0 Å². The quantitative estimate of drug-likeness (QED) is 0.644. The van der Waals surface area contributed by atoms with Gasteiger partial charge in [0.15, 0.2) is 5.78 Å². The molecule has 3 aliphatic rings. The molecule has 0 radical (unpaired) electrons. The summed E-state index contributed by atoms with van der Waals surface area (Å²) in [5.41, 5.74) is 2.31. The van der Waals surface area contributed by atoms with E-state index in [2.05, 4.69) is 5.32 Å². The van der Waals surface area contributed by atoms with E-state index in [1.165, 1.54) is 0 Å². The van der Waals surface area contributed by atoms with Crippen LogP contribution in [0.1, 0.15) is 15.9 Å². The van der Waals surface area contributed by atoms with Crippen molar-refractivity contribution in [2.45, 2.75) is 12.1 Å². The van der Waals surface area contributed by atoms with Gasteiger partial charge in [-0.3, -0.25) is 19.7 Å². The van der Waals surface area contributed by atoms with Crippen molar-refractivity contribution in [2.24, 2.45) is 11.8 Å². The van der Waals surface area contributed by atoms with Gasteiger partial charge >= 0.3 is 0 Å². The first kappa shape index (κ1) is 16.3. The van der Waals surface area contributed by atoms with E-state index in [-0.39, 0.29) is 23.6 Å². The van der Waals surface area contributed by atoms with Crippen LogP contribution in [0.15, 0.2) is 54.6 Å². The summed E-state index contributed by atoms with van der Waals surface area (Å²) in [5, 5.41) is 2.95. The van der Waals surface area contributed by atoms with Crippen LogP contribution in [0.25, 0.3) is 6.08 Å². The first-order valence-electron chi connectivity index (χ1n) is 8.76. The lowest BCUT2D eigenvalue weighted by Crippen LogP contribution is -2.47. The molecule has 6 heteroatoms. The number of imide groups is 1. The molecule has 0 unspecified atom stereocenters. The molecule has 0 saturated carbocycles. The molecule has 2 aromatic carbocycles. The number of anilines is 1. The molecule has 3 aliphatic heterocycles. The van der Waals surface area contributed by atoms with Crippen LogP contribution in [-0.2, 0) is 9.59 Å². The number of fused-ring (bicyclic) bond motifs is 5. The van der Waals surface area contributed by atoms with E-state index in [1.54, 1.807) is 24.3 Å². The largest absolute Gasteiger partial charge is 0.352 e. The molecule has 2 aromatic rings.